The summed E-state index contributed by atoms with van der Waals surface area (Å²) in [6.45, 7) is 1.45. The molecule has 3 nitrogen and oxygen atoms in total. The zero-order valence-electron chi connectivity index (χ0n) is 9.16. The number of hydrogen-bond acceptors (Lipinski definition) is 3. The Hall–Kier alpha value is -1.36. The average molecular weight is 230 g/mol. The molecule has 0 aliphatic rings. The number of nitrogens with two attached hydrogens (primary N) is 1. The van der Waals surface area contributed by atoms with Crippen LogP contribution in [0.4, 0.5) is 20.2 Å². The largest absolute Gasteiger partial charge is 0.399 e. The first kappa shape index (κ1) is 12.7. The van der Waals surface area contributed by atoms with E-state index in [0.717, 1.165) is 5.56 Å². The Balaban J connectivity index is 2.90. The van der Waals surface area contributed by atoms with Crippen LogP contribution < -0.4 is 10.6 Å². The lowest BCUT2D eigenvalue weighted by molar-refractivity contribution is 0.153. The molecule has 5 heteroatoms. The van der Waals surface area contributed by atoms with Crippen LogP contribution in [0.3, 0.4) is 0 Å². The number of aryl methyl sites for hydroxylation is 1. The van der Waals surface area contributed by atoms with Gasteiger partial charge in [-0.3, -0.25) is 0 Å². The second-order valence-corrected chi connectivity index (χ2v) is 3.66. The molecule has 1 rings (SSSR count). The van der Waals surface area contributed by atoms with Gasteiger partial charge in [-0.15, -0.1) is 0 Å². The van der Waals surface area contributed by atoms with E-state index in [9.17, 15) is 8.78 Å². The maximum Gasteiger partial charge on any atom is 0.255 e. The van der Waals surface area contributed by atoms with Crippen molar-refractivity contribution in [1.82, 2.24) is 0 Å². The zero-order valence-corrected chi connectivity index (χ0v) is 9.16. The number of alkyl halides is 2. The maximum absolute atomic E-state index is 12.3. The van der Waals surface area contributed by atoms with Gasteiger partial charge in [0.15, 0.2) is 0 Å². The van der Waals surface area contributed by atoms with Crippen molar-refractivity contribution >= 4 is 11.4 Å². The number of rotatable bonds is 5. The first-order valence-corrected chi connectivity index (χ1v) is 5.04. The van der Waals surface area contributed by atoms with Crippen LogP contribution in [0, 0.1) is 6.92 Å². The van der Waals surface area contributed by atoms with Crippen LogP contribution in [0.25, 0.3) is 0 Å². The Kier molecular flexibility index (Phi) is 4.49. The van der Waals surface area contributed by atoms with Gasteiger partial charge in [0, 0.05) is 17.9 Å². The minimum absolute atomic E-state index is 0.166. The van der Waals surface area contributed by atoms with Crippen molar-refractivity contribution in [2.75, 3.05) is 30.3 Å². The lowest BCUT2D eigenvalue weighted by Crippen LogP contribution is -2.31. The molecule has 0 heterocycles. The van der Waals surface area contributed by atoms with Gasteiger partial charge in [-0.2, -0.15) is 0 Å². The number of aliphatic hydroxyl groups excluding tert-OH is 1. The third kappa shape index (κ3) is 3.66. The summed E-state index contributed by atoms with van der Waals surface area (Å²) in [6.07, 6.45) is -2.44. The predicted octanol–water partition coefficient (Wildman–Crippen LogP) is 1.64. The molecule has 0 aliphatic carbocycles. The summed E-state index contributed by atoms with van der Waals surface area (Å²) in [5.41, 5.74) is 7.71. The topological polar surface area (TPSA) is 49.5 Å². The second kappa shape index (κ2) is 5.65. The summed E-state index contributed by atoms with van der Waals surface area (Å²) >= 11 is 0. The Labute approximate surface area is 93.5 Å². The second-order valence-electron chi connectivity index (χ2n) is 3.66. The molecule has 3 N–H and O–H groups in total. The fourth-order valence-electron chi connectivity index (χ4n) is 1.59. The van der Waals surface area contributed by atoms with E-state index in [1.165, 1.54) is 4.90 Å². The van der Waals surface area contributed by atoms with Gasteiger partial charge in [0.05, 0.1) is 13.2 Å². The molecule has 0 fully saturated rings. The van der Waals surface area contributed by atoms with Gasteiger partial charge in [-0.1, -0.05) is 0 Å². The van der Waals surface area contributed by atoms with Crippen molar-refractivity contribution in [2.45, 2.75) is 13.3 Å². The van der Waals surface area contributed by atoms with Crippen molar-refractivity contribution in [3.63, 3.8) is 0 Å². The molecule has 0 spiro atoms. The molecule has 0 saturated heterocycles. The molecule has 0 aliphatic heterocycles. The van der Waals surface area contributed by atoms with Crippen LogP contribution >= 0.6 is 0 Å². The summed E-state index contributed by atoms with van der Waals surface area (Å²) in [4.78, 5) is 1.42. The highest BCUT2D eigenvalue weighted by Gasteiger charge is 2.12. The SMILES string of the molecule is Cc1cc(N)cc(N(CCO)CC(F)F)c1. The first-order valence-electron chi connectivity index (χ1n) is 5.04. The van der Waals surface area contributed by atoms with E-state index in [-0.39, 0.29) is 13.2 Å². The van der Waals surface area contributed by atoms with Gasteiger partial charge in [0.25, 0.3) is 6.43 Å². The summed E-state index contributed by atoms with van der Waals surface area (Å²) in [7, 11) is 0. The van der Waals surface area contributed by atoms with Crippen molar-refractivity contribution in [2.24, 2.45) is 0 Å². The van der Waals surface area contributed by atoms with Crippen LogP contribution in [0.5, 0.6) is 0 Å². The molecule has 0 saturated carbocycles. The Morgan fingerprint density at radius 2 is 2.06 bits per heavy atom. The molecule has 1 aromatic carbocycles. The van der Waals surface area contributed by atoms with Crippen LogP contribution in [0.2, 0.25) is 0 Å². The monoisotopic (exact) mass is 230 g/mol. The standard InChI is InChI=1S/C11H16F2N2O/c1-8-4-9(14)6-10(5-8)15(2-3-16)7-11(12)13/h4-6,11,16H,2-3,7,14H2,1H3. The molecular weight excluding hydrogens is 214 g/mol. The molecular formula is C11H16F2N2O. The van der Waals surface area contributed by atoms with E-state index < -0.39 is 13.0 Å². The van der Waals surface area contributed by atoms with E-state index in [2.05, 4.69) is 0 Å². The van der Waals surface area contributed by atoms with Crippen molar-refractivity contribution in [3.05, 3.63) is 23.8 Å². The van der Waals surface area contributed by atoms with Gasteiger partial charge in [-0.05, 0) is 30.7 Å². The molecule has 0 aromatic heterocycles. The molecule has 16 heavy (non-hydrogen) atoms. The minimum atomic E-state index is -2.44. The normalized spacial score (nSPS) is 10.8. The lowest BCUT2D eigenvalue weighted by atomic mass is 10.2. The zero-order chi connectivity index (χ0) is 12.1. The number of nitrogen functional groups attached to an aromatic ring is 1. The molecule has 1 aromatic rings. The summed E-state index contributed by atoms with van der Waals surface area (Å²) < 4.78 is 24.7. The van der Waals surface area contributed by atoms with Crippen LogP contribution in [0.15, 0.2) is 18.2 Å². The predicted molar refractivity (Wildman–Crippen MR) is 60.9 cm³/mol. The molecule has 0 unspecified atom stereocenters. The molecule has 0 radical (unpaired) electrons. The third-order valence-corrected chi connectivity index (χ3v) is 2.18. The van der Waals surface area contributed by atoms with E-state index in [0.29, 0.717) is 11.4 Å². The molecule has 0 amide bonds. The lowest BCUT2D eigenvalue weighted by Gasteiger charge is -2.24. The fourth-order valence-corrected chi connectivity index (χ4v) is 1.59. The van der Waals surface area contributed by atoms with Gasteiger partial charge >= 0.3 is 0 Å². The minimum Gasteiger partial charge on any atom is -0.399 e. The molecule has 90 valence electrons. The van der Waals surface area contributed by atoms with E-state index in [1.54, 1.807) is 18.2 Å². The van der Waals surface area contributed by atoms with Gasteiger partial charge in [0.2, 0.25) is 0 Å². The number of hydrogen-bond donors (Lipinski definition) is 2. The number of aliphatic hydroxyl groups is 1. The number of nitrogens with zero attached hydrogens (tertiary/aromatic N) is 1. The summed E-state index contributed by atoms with van der Waals surface area (Å²) in [6, 6.07) is 5.17. The maximum atomic E-state index is 12.3. The Morgan fingerprint density at radius 1 is 1.38 bits per heavy atom. The average Bonchev–Trinajstić information content (AvgIpc) is 2.14. The number of anilines is 2. The number of halogens is 2. The highest BCUT2D eigenvalue weighted by atomic mass is 19.3. The van der Waals surface area contributed by atoms with Gasteiger partial charge in [0.1, 0.15) is 0 Å². The van der Waals surface area contributed by atoms with Crippen molar-refractivity contribution in [1.29, 1.82) is 0 Å². The summed E-state index contributed by atoms with van der Waals surface area (Å²) in [5.74, 6) is 0. The Bertz CT molecular complexity index is 325. The highest BCUT2D eigenvalue weighted by Crippen LogP contribution is 2.21. The smallest absolute Gasteiger partial charge is 0.255 e. The van der Waals surface area contributed by atoms with E-state index in [4.69, 9.17) is 10.8 Å². The number of benzene rings is 1. The van der Waals surface area contributed by atoms with Gasteiger partial charge < -0.3 is 15.7 Å². The van der Waals surface area contributed by atoms with E-state index in [1.807, 2.05) is 6.92 Å². The van der Waals surface area contributed by atoms with Crippen molar-refractivity contribution < 1.29 is 13.9 Å². The fraction of sp³-hybridized carbons (Fsp3) is 0.455. The van der Waals surface area contributed by atoms with Crippen LogP contribution in [-0.4, -0.2) is 31.2 Å². The molecule has 0 bridgehead atoms. The third-order valence-electron chi connectivity index (χ3n) is 2.18. The van der Waals surface area contributed by atoms with E-state index >= 15 is 0 Å². The molecule has 0 atom stereocenters. The van der Waals surface area contributed by atoms with Crippen LogP contribution in [0.1, 0.15) is 5.56 Å². The quantitative estimate of drug-likeness (QED) is 0.756. The highest BCUT2D eigenvalue weighted by molar-refractivity contribution is 5.58. The van der Waals surface area contributed by atoms with Crippen LogP contribution in [-0.2, 0) is 0 Å². The first-order chi connectivity index (χ1) is 7.52. The summed E-state index contributed by atoms with van der Waals surface area (Å²) in [5, 5.41) is 8.83. The Morgan fingerprint density at radius 3 is 2.56 bits per heavy atom. The van der Waals surface area contributed by atoms with Gasteiger partial charge in [-0.25, -0.2) is 8.78 Å². The van der Waals surface area contributed by atoms with Crippen molar-refractivity contribution in [3.8, 4) is 0 Å².